The zero-order valence-electron chi connectivity index (χ0n) is 14.9. The minimum Gasteiger partial charge on any atom is -0.394 e. The number of likely N-dealkylation sites (N-methyl/N-ethyl adjacent to an activating group) is 1. The Kier molecular flexibility index (Phi) is 11.2. The molecule has 2 atom stereocenters. The summed E-state index contributed by atoms with van der Waals surface area (Å²) in [6.45, 7) is 7.87. The highest BCUT2D eigenvalue weighted by molar-refractivity contribution is 5.55. The monoisotopic (exact) mass is 309 g/mol. The average Bonchev–Trinajstić information content (AvgIpc) is 2.49. The first kappa shape index (κ1) is 20.4. The van der Waals surface area contributed by atoms with Gasteiger partial charge in [0.1, 0.15) is 0 Å². The summed E-state index contributed by atoms with van der Waals surface area (Å²) in [5.74, 6) is 0.301. The molecule has 126 valence electrons. The van der Waals surface area contributed by atoms with E-state index in [-0.39, 0.29) is 12.7 Å². The van der Waals surface area contributed by atoms with Crippen molar-refractivity contribution in [2.24, 2.45) is 10.9 Å². The van der Waals surface area contributed by atoms with Crippen molar-refractivity contribution in [1.29, 1.82) is 0 Å². The number of alkyl halides is 1. The lowest BCUT2D eigenvalue weighted by atomic mass is 9.98. The summed E-state index contributed by atoms with van der Waals surface area (Å²) in [6.07, 6.45) is 11.4. The molecule has 0 aliphatic rings. The third kappa shape index (κ3) is 8.01. The molecule has 4 heteroatoms. The van der Waals surface area contributed by atoms with E-state index in [1.165, 1.54) is 0 Å². The fourth-order valence-electron chi connectivity index (χ4n) is 2.16. The molecule has 0 heterocycles. The van der Waals surface area contributed by atoms with Gasteiger partial charge in [-0.2, -0.15) is 0 Å². The van der Waals surface area contributed by atoms with Crippen LogP contribution in [0.2, 0.25) is 0 Å². The molecule has 0 amide bonds. The first-order valence-corrected chi connectivity index (χ1v) is 7.96. The smallest absolute Gasteiger partial charge is 0.0897 e. The van der Waals surface area contributed by atoms with Crippen molar-refractivity contribution < 1.29 is 4.39 Å². The predicted octanol–water partition coefficient (Wildman–Crippen LogP) is 4.30. The van der Waals surface area contributed by atoms with Gasteiger partial charge in [0.2, 0.25) is 0 Å². The third-order valence-corrected chi connectivity index (χ3v) is 3.84. The van der Waals surface area contributed by atoms with Crippen LogP contribution >= 0.6 is 0 Å². The second-order valence-electron chi connectivity index (χ2n) is 5.54. The summed E-state index contributed by atoms with van der Waals surface area (Å²) in [5.41, 5.74) is 2.07. The van der Waals surface area contributed by atoms with Gasteiger partial charge in [-0.1, -0.05) is 19.1 Å². The molecule has 0 radical (unpaired) electrons. The zero-order chi connectivity index (χ0) is 17.0. The second-order valence-corrected chi connectivity index (χ2v) is 5.54. The van der Waals surface area contributed by atoms with E-state index < -0.39 is 0 Å². The van der Waals surface area contributed by atoms with Gasteiger partial charge in [-0.05, 0) is 51.8 Å². The van der Waals surface area contributed by atoms with E-state index in [0.717, 1.165) is 17.8 Å². The van der Waals surface area contributed by atoms with E-state index in [2.05, 4.69) is 54.3 Å². The van der Waals surface area contributed by atoms with Crippen LogP contribution < -0.4 is 5.32 Å². The maximum absolute atomic E-state index is 12.6. The standard InChI is InChI=1S/C18H32FN3/c1-7-21-16(3)14-18(10-8-9-13-20-5)22(6)17(4)15(2)11-12-19/h7,9-10,13-15,17,20H,8,11-12H2,1-6H3/b13-9+,16-14+,18-10+,21-7-. The van der Waals surface area contributed by atoms with E-state index in [9.17, 15) is 4.39 Å². The summed E-state index contributed by atoms with van der Waals surface area (Å²) >= 11 is 0. The van der Waals surface area contributed by atoms with Gasteiger partial charge in [-0.25, -0.2) is 0 Å². The van der Waals surface area contributed by atoms with Crippen molar-refractivity contribution in [3.63, 3.8) is 0 Å². The Labute approximate surface area is 135 Å². The van der Waals surface area contributed by atoms with Crippen LogP contribution in [0.3, 0.4) is 0 Å². The molecule has 0 aliphatic carbocycles. The summed E-state index contributed by atoms with van der Waals surface area (Å²) in [4.78, 5) is 6.52. The lowest BCUT2D eigenvalue weighted by Gasteiger charge is -2.32. The molecule has 2 unspecified atom stereocenters. The zero-order valence-corrected chi connectivity index (χ0v) is 14.9. The van der Waals surface area contributed by atoms with Gasteiger partial charge in [0, 0.05) is 37.7 Å². The molecule has 0 aromatic rings. The van der Waals surface area contributed by atoms with Gasteiger partial charge in [0.05, 0.1) is 6.67 Å². The van der Waals surface area contributed by atoms with Gasteiger partial charge in [0.25, 0.3) is 0 Å². The summed E-state index contributed by atoms with van der Waals surface area (Å²) < 4.78 is 12.6. The van der Waals surface area contributed by atoms with Crippen LogP contribution in [0.4, 0.5) is 4.39 Å². The Morgan fingerprint density at radius 2 is 2.05 bits per heavy atom. The minimum atomic E-state index is -0.266. The maximum Gasteiger partial charge on any atom is 0.0897 e. The number of nitrogens with zero attached hydrogens (tertiary/aromatic N) is 2. The normalized spacial score (nSPS) is 16.3. The first-order valence-electron chi connectivity index (χ1n) is 7.96. The fourth-order valence-corrected chi connectivity index (χ4v) is 2.16. The van der Waals surface area contributed by atoms with Gasteiger partial charge >= 0.3 is 0 Å². The summed E-state index contributed by atoms with van der Waals surface area (Å²) in [5, 5.41) is 2.99. The summed E-state index contributed by atoms with van der Waals surface area (Å²) in [7, 11) is 3.94. The van der Waals surface area contributed by atoms with E-state index in [1.54, 1.807) is 6.21 Å². The van der Waals surface area contributed by atoms with E-state index in [4.69, 9.17) is 0 Å². The largest absolute Gasteiger partial charge is 0.394 e. The molecule has 0 saturated heterocycles. The van der Waals surface area contributed by atoms with Gasteiger partial charge < -0.3 is 10.2 Å². The van der Waals surface area contributed by atoms with Crippen LogP contribution in [0.1, 0.15) is 40.5 Å². The number of hydrogen-bond acceptors (Lipinski definition) is 3. The van der Waals surface area contributed by atoms with Crippen LogP contribution in [-0.2, 0) is 0 Å². The molecule has 0 aromatic carbocycles. The minimum absolute atomic E-state index is 0.266. The van der Waals surface area contributed by atoms with Crippen molar-refractivity contribution in [3.05, 3.63) is 35.8 Å². The highest BCUT2D eigenvalue weighted by atomic mass is 19.1. The van der Waals surface area contributed by atoms with Crippen LogP contribution in [0.15, 0.2) is 40.8 Å². The molecular weight excluding hydrogens is 277 g/mol. The number of hydrogen-bond donors (Lipinski definition) is 1. The van der Waals surface area contributed by atoms with Crippen LogP contribution in [0.25, 0.3) is 0 Å². The molecule has 0 spiro atoms. The van der Waals surface area contributed by atoms with Crippen molar-refractivity contribution in [2.45, 2.75) is 46.6 Å². The topological polar surface area (TPSA) is 27.6 Å². The number of aliphatic imine (C=N–C) groups is 1. The Hall–Kier alpha value is -1.58. The quantitative estimate of drug-likeness (QED) is 0.481. The lowest BCUT2D eigenvalue weighted by molar-refractivity contribution is 0.230. The SMILES string of the molecule is C\C=N/C(C)=C/C(=C\C/C=C/NC)N(C)C(C)C(C)CCF. The van der Waals surface area contributed by atoms with Crippen LogP contribution in [0.5, 0.6) is 0 Å². The Morgan fingerprint density at radius 3 is 2.59 bits per heavy atom. The van der Waals surface area contributed by atoms with Gasteiger partial charge in [0.15, 0.2) is 0 Å². The predicted molar refractivity (Wildman–Crippen MR) is 95.8 cm³/mol. The molecule has 0 aliphatic heterocycles. The number of nitrogens with one attached hydrogen (secondary N) is 1. The highest BCUT2D eigenvalue weighted by Gasteiger charge is 2.17. The summed E-state index contributed by atoms with van der Waals surface area (Å²) in [6, 6.07) is 0.268. The first-order chi connectivity index (χ1) is 10.5. The van der Waals surface area contributed by atoms with E-state index in [0.29, 0.717) is 12.3 Å². The van der Waals surface area contributed by atoms with Gasteiger partial charge in [-0.15, -0.1) is 0 Å². The highest BCUT2D eigenvalue weighted by Crippen LogP contribution is 2.20. The molecule has 0 bridgehead atoms. The van der Waals surface area contributed by atoms with Crippen molar-refractivity contribution in [3.8, 4) is 0 Å². The second kappa shape index (κ2) is 12.0. The number of halogens is 1. The molecule has 0 fully saturated rings. The van der Waals surface area contributed by atoms with Crippen molar-refractivity contribution in [1.82, 2.24) is 10.2 Å². The van der Waals surface area contributed by atoms with Crippen LogP contribution in [0, 0.1) is 5.92 Å². The third-order valence-electron chi connectivity index (χ3n) is 3.84. The van der Waals surface area contributed by atoms with E-state index in [1.807, 2.05) is 27.1 Å². The van der Waals surface area contributed by atoms with Crippen molar-refractivity contribution in [2.75, 3.05) is 20.8 Å². The molecule has 3 nitrogen and oxygen atoms in total. The van der Waals surface area contributed by atoms with Crippen LogP contribution in [-0.4, -0.2) is 37.9 Å². The van der Waals surface area contributed by atoms with Gasteiger partial charge in [-0.3, -0.25) is 9.38 Å². The van der Waals surface area contributed by atoms with Crippen molar-refractivity contribution >= 4 is 6.21 Å². The number of rotatable bonds is 10. The Morgan fingerprint density at radius 1 is 1.36 bits per heavy atom. The average molecular weight is 309 g/mol. The molecule has 0 rings (SSSR count). The number of allylic oxidation sites excluding steroid dienone is 4. The maximum atomic E-state index is 12.6. The fraction of sp³-hybridized carbons (Fsp3) is 0.611. The molecular formula is C18H32FN3. The Balaban J connectivity index is 5.19. The molecule has 22 heavy (non-hydrogen) atoms. The Bertz CT molecular complexity index is 411. The van der Waals surface area contributed by atoms with E-state index >= 15 is 0 Å². The lowest BCUT2D eigenvalue weighted by Crippen LogP contribution is -2.33. The molecule has 0 saturated carbocycles. The molecule has 0 aromatic heterocycles. The molecule has 1 N–H and O–H groups in total.